The van der Waals surface area contributed by atoms with Gasteiger partial charge in [0.2, 0.25) is 5.91 Å². The van der Waals surface area contributed by atoms with Gasteiger partial charge in [-0.3, -0.25) is 9.59 Å². The summed E-state index contributed by atoms with van der Waals surface area (Å²) in [7, 11) is 0. The van der Waals surface area contributed by atoms with Gasteiger partial charge in [-0.25, -0.2) is 4.98 Å². The number of rotatable bonds is 4. The standard InChI is InChI=1S/C18H18N2O3S/c1-11-19-16(10-24-11)12-6-8-13(9-7-12)20-17(21)14-4-2-3-5-15(14)18(22)23/h2-3,6-10,14-15H,4-5H2,1H3,(H,20,21)(H,22,23)/t14-,15-/m1/s1. The first-order valence-electron chi connectivity index (χ1n) is 7.76. The van der Waals surface area contributed by atoms with Crippen LogP contribution < -0.4 is 5.32 Å². The van der Waals surface area contributed by atoms with Crippen LogP contribution in [0.25, 0.3) is 11.3 Å². The van der Waals surface area contributed by atoms with Crippen molar-refractivity contribution < 1.29 is 14.7 Å². The molecule has 0 unspecified atom stereocenters. The van der Waals surface area contributed by atoms with Crippen LogP contribution in [0, 0.1) is 18.8 Å². The predicted molar refractivity (Wildman–Crippen MR) is 93.9 cm³/mol. The number of carboxylic acids is 1. The third-order valence-electron chi connectivity index (χ3n) is 4.15. The summed E-state index contributed by atoms with van der Waals surface area (Å²) in [5, 5.41) is 15.1. The first-order chi connectivity index (χ1) is 11.5. The molecule has 124 valence electrons. The summed E-state index contributed by atoms with van der Waals surface area (Å²) in [5.74, 6) is -2.36. The Hall–Kier alpha value is -2.47. The van der Waals surface area contributed by atoms with E-state index in [2.05, 4.69) is 10.3 Å². The Morgan fingerprint density at radius 1 is 1.17 bits per heavy atom. The number of carboxylic acid groups (broad SMARTS) is 1. The number of amides is 1. The zero-order valence-corrected chi connectivity index (χ0v) is 14.0. The van der Waals surface area contributed by atoms with Crippen LogP contribution in [-0.4, -0.2) is 22.0 Å². The molecule has 1 aromatic heterocycles. The van der Waals surface area contributed by atoms with Crippen molar-refractivity contribution in [3.63, 3.8) is 0 Å². The molecule has 0 bridgehead atoms. The van der Waals surface area contributed by atoms with E-state index in [1.807, 2.05) is 48.7 Å². The number of aromatic nitrogens is 1. The van der Waals surface area contributed by atoms with Crippen molar-refractivity contribution >= 4 is 28.9 Å². The Bertz CT molecular complexity index is 780. The molecule has 1 aliphatic rings. The number of allylic oxidation sites excluding steroid dienone is 2. The van der Waals surface area contributed by atoms with Crippen molar-refractivity contribution in [2.75, 3.05) is 5.32 Å². The monoisotopic (exact) mass is 342 g/mol. The van der Waals surface area contributed by atoms with E-state index in [1.54, 1.807) is 11.3 Å². The summed E-state index contributed by atoms with van der Waals surface area (Å²) in [6, 6.07) is 7.44. The molecule has 1 heterocycles. The minimum atomic E-state index is -0.922. The van der Waals surface area contributed by atoms with Crippen molar-refractivity contribution in [3.8, 4) is 11.3 Å². The van der Waals surface area contributed by atoms with Crippen LogP contribution in [0.4, 0.5) is 5.69 Å². The second-order valence-corrected chi connectivity index (χ2v) is 6.87. The number of aliphatic carboxylic acids is 1. The highest BCUT2D eigenvalue weighted by molar-refractivity contribution is 7.09. The Labute approximate surface area is 144 Å². The quantitative estimate of drug-likeness (QED) is 0.830. The van der Waals surface area contributed by atoms with Crippen molar-refractivity contribution in [2.24, 2.45) is 11.8 Å². The van der Waals surface area contributed by atoms with Gasteiger partial charge in [0, 0.05) is 16.6 Å². The Kier molecular flexibility index (Phi) is 4.76. The highest BCUT2D eigenvalue weighted by Gasteiger charge is 2.33. The van der Waals surface area contributed by atoms with Crippen molar-refractivity contribution in [1.82, 2.24) is 4.98 Å². The largest absolute Gasteiger partial charge is 0.481 e. The number of aryl methyl sites for hydroxylation is 1. The Morgan fingerprint density at radius 3 is 2.42 bits per heavy atom. The van der Waals surface area contributed by atoms with Gasteiger partial charge in [-0.2, -0.15) is 0 Å². The molecule has 6 heteroatoms. The van der Waals surface area contributed by atoms with E-state index in [0.29, 0.717) is 18.5 Å². The zero-order valence-electron chi connectivity index (χ0n) is 13.2. The van der Waals surface area contributed by atoms with Gasteiger partial charge in [0.05, 0.1) is 22.5 Å². The van der Waals surface area contributed by atoms with Gasteiger partial charge in [0.1, 0.15) is 0 Å². The number of nitrogens with zero attached hydrogens (tertiary/aromatic N) is 1. The number of carbonyl (C=O) groups is 2. The fourth-order valence-corrected chi connectivity index (χ4v) is 3.45. The van der Waals surface area contributed by atoms with Crippen LogP contribution >= 0.6 is 11.3 Å². The predicted octanol–water partition coefficient (Wildman–Crippen LogP) is 3.72. The molecule has 2 atom stereocenters. The van der Waals surface area contributed by atoms with E-state index in [0.717, 1.165) is 16.3 Å². The Balaban J connectivity index is 1.70. The number of hydrogen-bond acceptors (Lipinski definition) is 4. The first kappa shape index (κ1) is 16.4. The molecule has 24 heavy (non-hydrogen) atoms. The number of benzene rings is 1. The number of thiazole rings is 1. The van der Waals surface area contributed by atoms with Crippen LogP contribution in [0.1, 0.15) is 17.8 Å². The molecule has 2 N–H and O–H groups in total. The maximum atomic E-state index is 12.4. The van der Waals surface area contributed by atoms with E-state index in [-0.39, 0.29) is 5.91 Å². The smallest absolute Gasteiger partial charge is 0.307 e. The first-order valence-corrected chi connectivity index (χ1v) is 8.64. The van der Waals surface area contributed by atoms with E-state index in [4.69, 9.17) is 0 Å². The molecule has 3 rings (SSSR count). The highest BCUT2D eigenvalue weighted by atomic mass is 32.1. The summed E-state index contributed by atoms with van der Waals surface area (Å²) in [6.07, 6.45) is 4.55. The van der Waals surface area contributed by atoms with Gasteiger partial charge in [-0.1, -0.05) is 24.3 Å². The van der Waals surface area contributed by atoms with Gasteiger partial charge < -0.3 is 10.4 Å². The van der Waals surface area contributed by atoms with Gasteiger partial charge in [0.15, 0.2) is 0 Å². The van der Waals surface area contributed by atoms with E-state index in [1.165, 1.54) is 0 Å². The third kappa shape index (κ3) is 3.54. The molecule has 0 saturated heterocycles. The number of nitrogens with one attached hydrogen (secondary N) is 1. The minimum Gasteiger partial charge on any atom is -0.481 e. The molecule has 0 spiro atoms. The molecule has 0 aliphatic heterocycles. The second-order valence-electron chi connectivity index (χ2n) is 5.81. The number of hydrogen-bond donors (Lipinski definition) is 2. The molecular formula is C18H18N2O3S. The van der Waals surface area contributed by atoms with E-state index < -0.39 is 17.8 Å². The molecule has 0 saturated carbocycles. The molecule has 1 amide bonds. The molecular weight excluding hydrogens is 324 g/mol. The lowest BCUT2D eigenvalue weighted by Crippen LogP contribution is -2.34. The second kappa shape index (κ2) is 6.97. The summed E-state index contributed by atoms with van der Waals surface area (Å²) < 4.78 is 0. The van der Waals surface area contributed by atoms with Gasteiger partial charge >= 0.3 is 5.97 Å². The Morgan fingerprint density at radius 2 is 1.83 bits per heavy atom. The van der Waals surface area contributed by atoms with E-state index >= 15 is 0 Å². The lowest BCUT2D eigenvalue weighted by molar-refractivity contribution is -0.146. The zero-order chi connectivity index (χ0) is 17.1. The van der Waals surface area contributed by atoms with Crippen molar-refractivity contribution in [3.05, 3.63) is 46.8 Å². The van der Waals surface area contributed by atoms with Crippen LogP contribution in [0.3, 0.4) is 0 Å². The van der Waals surface area contributed by atoms with Crippen LogP contribution in [0.15, 0.2) is 41.8 Å². The molecule has 1 aliphatic carbocycles. The van der Waals surface area contributed by atoms with Gasteiger partial charge in [-0.05, 0) is 31.9 Å². The van der Waals surface area contributed by atoms with Crippen molar-refractivity contribution in [1.29, 1.82) is 0 Å². The molecule has 5 nitrogen and oxygen atoms in total. The van der Waals surface area contributed by atoms with Crippen LogP contribution in [-0.2, 0) is 9.59 Å². The lowest BCUT2D eigenvalue weighted by atomic mass is 9.82. The number of anilines is 1. The van der Waals surface area contributed by atoms with Crippen molar-refractivity contribution in [2.45, 2.75) is 19.8 Å². The molecule has 2 aromatic rings. The summed E-state index contributed by atoms with van der Waals surface area (Å²) in [5.41, 5.74) is 2.56. The summed E-state index contributed by atoms with van der Waals surface area (Å²) in [6.45, 7) is 1.96. The number of carbonyl (C=O) groups excluding carboxylic acids is 1. The maximum absolute atomic E-state index is 12.4. The topological polar surface area (TPSA) is 79.3 Å². The van der Waals surface area contributed by atoms with Gasteiger partial charge in [0.25, 0.3) is 0 Å². The van der Waals surface area contributed by atoms with E-state index in [9.17, 15) is 14.7 Å². The van der Waals surface area contributed by atoms with Gasteiger partial charge in [-0.15, -0.1) is 11.3 Å². The maximum Gasteiger partial charge on any atom is 0.307 e. The molecule has 0 radical (unpaired) electrons. The average molecular weight is 342 g/mol. The highest BCUT2D eigenvalue weighted by Crippen LogP contribution is 2.28. The summed E-state index contributed by atoms with van der Waals surface area (Å²) in [4.78, 5) is 28.2. The lowest BCUT2D eigenvalue weighted by Gasteiger charge is -2.24. The minimum absolute atomic E-state index is 0.246. The summed E-state index contributed by atoms with van der Waals surface area (Å²) >= 11 is 1.59. The molecule has 1 aromatic carbocycles. The fourth-order valence-electron chi connectivity index (χ4n) is 2.83. The van der Waals surface area contributed by atoms with Crippen LogP contribution in [0.2, 0.25) is 0 Å². The average Bonchev–Trinajstić information content (AvgIpc) is 3.02. The third-order valence-corrected chi connectivity index (χ3v) is 4.93. The normalized spacial score (nSPS) is 19.9. The molecule has 0 fully saturated rings. The van der Waals surface area contributed by atoms with Crippen LogP contribution in [0.5, 0.6) is 0 Å². The fraction of sp³-hybridized carbons (Fsp3) is 0.278. The SMILES string of the molecule is Cc1nc(-c2ccc(NC(=O)[C@@H]3CC=CC[C@H]3C(=O)O)cc2)cs1.